The molecule has 1 atom stereocenters. The van der Waals surface area contributed by atoms with Gasteiger partial charge in [0.1, 0.15) is 5.76 Å². The van der Waals surface area contributed by atoms with Gasteiger partial charge in [-0.15, -0.1) is 0 Å². The summed E-state index contributed by atoms with van der Waals surface area (Å²) in [6.45, 7) is 2.36. The van der Waals surface area contributed by atoms with Crippen LogP contribution in [0.25, 0.3) is 16.7 Å². The molecule has 186 valence electrons. The van der Waals surface area contributed by atoms with E-state index in [4.69, 9.17) is 4.74 Å². The van der Waals surface area contributed by atoms with E-state index in [0.29, 0.717) is 23.3 Å². The highest BCUT2D eigenvalue weighted by Gasteiger charge is 2.46. The molecule has 2 aromatic heterocycles. The molecule has 8 nitrogen and oxygen atoms in total. The third-order valence-electron chi connectivity index (χ3n) is 6.36. The van der Waals surface area contributed by atoms with Crippen LogP contribution in [0.15, 0.2) is 84.8 Å². The summed E-state index contributed by atoms with van der Waals surface area (Å²) in [5.74, 6) is -2.15. The Hall–Kier alpha value is -4.72. The second-order valence-electron chi connectivity index (χ2n) is 8.79. The van der Waals surface area contributed by atoms with Gasteiger partial charge >= 0.3 is 5.97 Å². The van der Waals surface area contributed by atoms with E-state index in [1.54, 1.807) is 55.0 Å². The summed E-state index contributed by atoms with van der Waals surface area (Å²) in [5.41, 5.74) is 2.97. The Morgan fingerprint density at radius 3 is 2.59 bits per heavy atom. The first kappa shape index (κ1) is 24.0. The summed E-state index contributed by atoms with van der Waals surface area (Å²) >= 11 is 0. The number of rotatable bonds is 7. The highest BCUT2D eigenvalue weighted by molar-refractivity contribution is 6.46. The molecule has 0 spiro atoms. The SMILES string of the molecule is CCCOC(=O)c1ccc(CN2C(=O)C(=O)/C(=C(\O)c3c[nH]c4ccccc34)C2c2cccnc2)cc1. The number of nitrogens with one attached hydrogen (secondary N) is 1. The molecule has 0 bridgehead atoms. The summed E-state index contributed by atoms with van der Waals surface area (Å²) in [5, 5.41) is 12.1. The van der Waals surface area contributed by atoms with Gasteiger partial charge in [-0.05, 0) is 41.8 Å². The van der Waals surface area contributed by atoms with Crippen molar-refractivity contribution in [3.8, 4) is 0 Å². The second kappa shape index (κ2) is 10.1. The van der Waals surface area contributed by atoms with E-state index in [1.807, 2.05) is 31.2 Å². The van der Waals surface area contributed by atoms with Gasteiger partial charge in [0.25, 0.3) is 11.7 Å². The van der Waals surface area contributed by atoms with Crippen LogP contribution in [0.1, 0.15) is 46.4 Å². The van der Waals surface area contributed by atoms with Crippen molar-refractivity contribution in [3.05, 3.63) is 107 Å². The number of likely N-dealkylation sites (tertiary alicyclic amines) is 1. The number of ether oxygens (including phenoxy) is 1. The molecule has 1 saturated heterocycles. The molecule has 0 saturated carbocycles. The summed E-state index contributed by atoms with van der Waals surface area (Å²) in [6.07, 6.45) is 5.54. The standard InChI is InChI=1S/C29H25N3O5/c1-2-14-37-29(36)19-11-9-18(10-12-19)17-32-25(20-6-5-13-30-15-20)24(27(34)28(32)35)26(33)22-16-31-23-8-4-3-7-21(22)23/h3-13,15-16,25,31,33H,2,14,17H2,1H3/b26-24-. The fourth-order valence-electron chi connectivity index (χ4n) is 4.56. The van der Waals surface area contributed by atoms with Crippen LogP contribution in [0, 0.1) is 0 Å². The monoisotopic (exact) mass is 495 g/mol. The Kier molecular flexibility index (Phi) is 6.55. The van der Waals surface area contributed by atoms with Gasteiger partial charge in [0, 0.05) is 41.6 Å². The number of Topliss-reactive ketones (excluding diaryl/α,β-unsaturated/α-hetero) is 1. The zero-order valence-corrected chi connectivity index (χ0v) is 20.2. The summed E-state index contributed by atoms with van der Waals surface area (Å²) in [4.78, 5) is 47.4. The minimum Gasteiger partial charge on any atom is -0.507 e. The van der Waals surface area contributed by atoms with Gasteiger partial charge in [-0.25, -0.2) is 4.79 Å². The summed E-state index contributed by atoms with van der Waals surface area (Å²) in [7, 11) is 0. The number of hydrogen-bond acceptors (Lipinski definition) is 6. The number of fused-ring (bicyclic) bond motifs is 1. The van der Waals surface area contributed by atoms with Crippen molar-refractivity contribution in [1.82, 2.24) is 14.9 Å². The lowest BCUT2D eigenvalue weighted by atomic mass is 9.96. The van der Waals surface area contributed by atoms with E-state index in [2.05, 4.69) is 9.97 Å². The second-order valence-corrected chi connectivity index (χ2v) is 8.79. The van der Waals surface area contributed by atoms with Gasteiger partial charge in [0.2, 0.25) is 0 Å². The number of amides is 1. The van der Waals surface area contributed by atoms with Crippen LogP contribution < -0.4 is 0 Å². The molecular weight excluding hydrogens is 470 g/mol. The Labute approximate surface area is 213 Å². The Balaban J connectivity index is 1.54. The highest BCUT2D eigenvalue weighted by atomic mass is 16.5. The van der Waals surface area contributed by atoms with Crippen LogP contribution in [0.4, 0.5) is 0 Å². The number of pyridine rings is 1. The van der Waals surface area contributed by atoms with Crippen molar-refractivity contribution >= 4 is 34.3 Å². The predicted octanol–water partition coefficient (Wildman–Crippen LogP) is 4.75. The maximum absolute atomic E-state index is 13.3. The Bertz CT molecular complexity index is 1510. The van der Waals surface area contributed by atoms with Gasteiger partial charge < -0.3 is 19.7 Å². The number of aromatic amines is 1. The van der Waals surface area contributed by atoms with Crippen LogP contribution in [0.5, 0.6) is 0 Å². The number of nitrogens with zero attached hydrogens (tertiary/aromatic N) is 2. The number of para-hydroxylation sites is 1. The molecule has 1 aliphatic heterocycles. The number of benzene rings is 2. The van der Waals surface area contributed by atoms with Gasteiger partial charge in [0.15, 0.2) is 0 Å². The number of aliphatic hydroxyl groups is 1. The van der Waals surface area contributed by atoms with Crippen molar-refractivity contribution in [2.45, 2.75) is 25.9 Å². The van der Waals surface area contributed by atoms with Crippen LogP contribution in [-0.2, 0) is 20.9 Å². The summed E-state index contributed by atoms with van der Waals surface area (Å²) < 4.78 is 5.17. The van der Waals surface area contributed by atoms with Gasteiger partial charge in [0.05, 0.1) is 23.8 Å². The first-order chi connectivity index (χ1) is 18.0. The van der Waals surface area contributed by atoms with E-state index in [0.717, 1.165) is 22.9 Å². The van der Waals surface area contributed by atoms with E-state index < -0.39 is 23.7 Å². The molecule has 1 unspecified atom stereocenters. The smallest absolute Gasteiger partial charge is 0.338 e. The molecule has 37 heavy (non-hydrogen) atoms. The lowest BCUT2D eigenvalue weighted by Gasteiger charge is -2.25. The minimum absolute atomic E-state index is 0.00233. The maximum atomic E-state index is 13.3. The molecule has 2 N–H and O–H groups in total. The average Bonchev–Trinajstić information content (AvgIpc) is 3.47. The lowest BCUT2D eigenvalue weighted by molar-refractivity contribution is -0.140. The fourth-order valence-corrected chi connectivity index (χ4v) is 4.56. The first-order valence-corrected chi connectivity index (χ1v) is 12.0. The average molecular weight is 496 g/mol. The number of carbonyl (C=O) groups is 3. The number of H-pyrrole nitrogens is 1. The van der Waals surface area contributed by atoms with Crippen LogP contribution in [0.2, 0.25) is 0 Å². The normalized spacial score (nSPS) is 16.9. The molecule has 1 aliphatic rings. The lowest BCUT2D eigenvalue weighted by Crippen LogP contribution is -2.29. The zero-order chi connectivity index (χ0) is 25.9. The number of esters is 1. The van der Waals surface area contributed by atoms with Crippen molar-refractivity contribution in [3.63, 3.8) is 0 Å². The number of aromatic nitrogens is 2. The minimum atomic E-state index is -0.837. The van der Waals surface area contributed by atoms with Crippen molar-refractivity contribution in [2.75, 3.05) is 6.61 Å². The van der Waals surface area contributed by atoms with Gasteiger partial charge in [-0.2, -0.15) is 0 Å². The fraction of sp³-hybridized carbons (Fsp3) is 0.172. The van der Waals surface area contributed by atoms with E-state index in [-0.39, 0.29) is 17.9 Å². The first-order valence-electron chi connectivity index (χ1n) is 12.0. The molecule has 4 aromatic rings. The quantitative estimate of drug-likeness (QED) is 0.166. The van der Waals surface area contributed by atoms with Crippen molar-refractivity contribution < 1.29 is 24.2 Å². The molecule has 1 fully saturated rings. The highest BCUT2D eigenvalue weighted by Crippen LogP contribution is 2.41. The number of hydrogen-bond donors (Lipinski definition) is 2. The Morgan fingerprint density at radius 1 is 1.08 bits per heavy atom. The zero-order valence-electron chi connectivity index (χ0n) is 20.2. The number of carbonyl (C=O) groups excluding carboxylic acids is 3. The topological polar surface area (TPSA) is 113 Å². The Morgan fingerprint density at radius 2 is 1.86 bits per heavy atom. The van der Waals surface area contributed by atoms with Gasteiger partial charge in [-0.1, -0.05) is 43.3 Å². The molecule has 1 amide bonds. The van der Waals surface area contributed by atoms with Crippen molar-refractivity contribution in [2.24, 2.45) is 0 Å². The third kappa shape index (κ3) is 4.49. The van der Waals surface area contributed by atoms with Crippen LogP contribution >= 0.6 is 0 Å². The van der Waals surface area contributed by atoms with Crippen LogP contribution in [-0.4, -0.2) is 44.2 Å². The molecular formula is C29H25N3O5. The van der Waals surface area contributed by atoms with Crippen LogP contribution in [0.3, 0.4) is 0 Å². The van der Waals surface area contributed by atoms with E-state index in [1.165, 1.54) is 4.90 Å². The largest absolute Gasteiger partial charge is 0.507 e. The van der Waals surface area contributed by atoms with E-state index in [9.17, 15) is 19.5 Å². The molecule has 2 aromatic carbocycles. The molecule has 0 aliphatic carbocycles. The summed E-state index contributed by atoms with van der Waals surface area (Å²) in [6, 6.07) is 16.8. The van der Waals surface area contributed by atoms with Crippen molar-refractivity contribution in [1.29, 1.82) is 0 Å². The molecule has 3 heterocycles. The van der Waals surface area contributed by atoms with Gasteiger partial charge in [-0.3, -0.25) is 14.6 Å². The maximum Gasteiger partial charge on any atom is 0.338 e. The molecule has 5 rings (SSSR count). The predicted molar refractivity (Wildman–Crippen MR) is 137 cm³/mol. The number of ketones is 1. The number of aliphatic hydroxyl groups excluding tert-OH is 1. The molecule has 0 radical (unpaired) electrons. The van der Waals surface area contributed by atoms with E-state index >= 15 is 0 Å². The molecule has 8 heteroatoms. The third-order valence-corrected chi connectivity index (χ3v) is 6.36.